The van der Waals surface area contributed by atoms with E-state index >= 15 is 0 Å². The molecule has 0 radical (unpaired) electrons. The van der Waals surface area contributed by atoms with Crippen LogP contribution in [0.5, 0.6) is 11.5 Å². The average Bonchev–Trinajstić information content (AvgIpc) is 3.57. The number of aliphatic hydroxyl groups excluding tert-OH is 1. The van der Waals surface area contributed by atoms with Crippen molar-refractivity contribution in [2.45, 2.75) is 76.2 Å². The van der Waals surface area contributed by atoms with Gasteiger partial charge in [-0.2, -0.15) is 0 Å². The summed E-state index contributed by atoms with van der Waals surface area (Å²) >= 11 is 0. The number of fused-ring (bicyclic) bond motifs is 1. The van der Waals surface area contributed by atoms with Gasteiger partial charge in [-0.3, -0.25) is 19.2 Å². The first-order valence-electron chi connectivity index (χ1n) is 17.1. The first-order valence-corrected chi connectivity index (χ1v) is 20.2. The van der Waals surface area contributed by atoms with Crippen molar-refractivity contribution in [3.05, 3.63) is 95.8 Å². The molecule has 1 fully saturated rings. The number of aliphatic hydroxyl groups is 1. The second-order valence-corrected chi connectivity index (χ2v) is 18.5. The first-order chi connectivity index (χ1) is 24.0. The molecule has 0 saturated carbocycles. The Morgan fingerprint density at radius 1 is 1.08 bits per heavy atom. The van der Waals surface area contributed by atoms with Crippen molar-refractivity contribution < 1.29 is 33.6 Å². The van der Waals surface area contributed by atoms with Crippen molar-refractivity contribution in [3.8, 4) is 11.5 Å². The van der Waals surface area contributed by atoms with E-state index in [2.05, 4.69) is 42.5 Å². The predicted octanol–water partition coefficient (Wildman–Crippen LogP) is 5.20. The number of aromatic nitrogens is 3. The van der Waals surface area contributed by atoms with E-state index in [4.69, 9.17) is 18.9 Å². The Morgan fingerprint density at radius 3 is 2.46 bits per heavy atom. The number of carbonyl (C=O) groups excluding carboxylic acids is 2. The number of benzene rings is 3. The molecule has 0 aliphatic carbocycles. The lowest BCUT2D eigenvalue weighted by atomic mass is 9.86. The van der Waals surface area contributed by atoms with Crippen LogP contribution in [0.15, 0.2) is 79.0 Å². The van der Waals surface area contributed by atoms with E-state index in [1.54, 1.807) is 14.2 Å². The molecule has 12 heteroatoms. The SMILES string of the molecule is COc1ccc([Si](C)(C)C(CCn2cc(C(CO)c3ccccc3)nn2)[C@H]2Oc3ccc(N4C(=O)CC4OC(C)=O)cc3[C@@H](OC)[C@@H]2C)cc1. The number of carbonyl (C=O) groups is 2. The minimum Gasteiger partial charge on any atom is -0.497 e. The topological polar surface area (TPSA) is 125 Å². The van der Waals surface area contributed by atoms with Crippen molar-refractivity contribution in [1.29, 1.82) is 0 Å². The fourth-order valence-corrected chi connectivity index (χ4v) is 11.1. The largest absolute Gasteiger partial charge is 0.497 e. The normalized spacial score (nSPS) is 21.4. The van der Waals surface area contributed by atoms with Crippen molar-refractivity contribution in [2.24, 2.45) is 5.92 Å². The van der Waals surface area contributed by atoms with Crippen LogP contribution in [-0.2, 0) is 25.6 Å². The first kappa shape index (κ1) is 35.3. The number of amides is 1. The molecule has 0 bridgehead atoms. The highest BCUT2D eigenvalue weighted by Gasteiger charge is 2.48. The van der Waals surface area contributed by atoms with Gasteiger partial charge in [-0.25, -0.2) is 0 Å². The number of aryl methyl sites for hydroxylation is 1. The lowest BCUT2D eigenvalue weighted by molar-refractivity contribution is -0.153. The van der Waals surface area contributed by atoms with Gasteiger partial charge in [0.2, 0.25) is 5.91 Å². The fraction of sp³-hybridized carbons (Fsp3) is 0.421. The number of methoxy groups -OCH3 is 2. The molecule has 11 nitrogen and oxygen atoms in total. The Morgan fingerprint density at radius 2 is 1.82 bits per heavy atom. The van der Waals surface area contributed by atoms with Crippen molar-refractivity contribution in [2.75, 3.05) is 25.7 Å². The van der Waals surface area contributed by atoms with Gasteiger partial charge < -0.3 is 24.1 Å². The van der Waals surface area contributed by atoms with Crippen LogP contribution in [-0.4, -0.2) is 73.2 Å². The summed E-state index contributed by atoms with van der Waals surface area (Å²) < 4.78 is 25.9. The lowest BCUT2D eigenvalue weighted by Crippen LogP contribution is -2.55. The molecule has 3 aromatic carbocycles. The molecule has 1 amide bonds. The third kappa shape index (κ3) is 6.92. The van der Waals surface area contributed by atoms with Crippen molar-refractivity contribution in [3.63, 3.8) is 0 Å². The number of esters is 1. The zero-order valence-corrected chi connectivity index (χ0v) is 30.5. The van der Waals surface area contributed by atoms with Crippen LogP contribution >= 0.6 is 0 Å². The summed E-state index contributed by atoms with van der Waals surface area (Å²) in [5.41, 5.74) is 3.34. The summed E-state index contributed by atoms with van der Waals surface area (Å²) in [6.07, 6.45) is 1.75. The summed E-state index contributed by atoms with van der Waals surface area (Å²) in [7, 11) is 1.12. The number of anilines is 1. The molecule has 4 aromatic rings. The van der Waals surface area contributed by atoms with E-state index in [1.807, 2.05) is 71.5 Å². The van der Waals surface area contributed by atoms with Gasteiger partial charge in [0.15, 0.2) is 6.23 Å². The smallest absolute Gasteiger partial charge is 0.304 e. The maximum Gasteiger partial charge on any atom is 0.304 e. The van der Waals surface area contributed by atoms with Crippen LogP contribution in [0.4, 0.5) is 5.69 Å². The molecule has 3 heterocycles. The number of ether oxygens (including phenoxy) is 4. The van der Waals surface area contributed by atoms with Crippen LogP contribution in [0.25, 0.3) is 0 Å². The molecule has 1 aromatic heterocycles. The van der Waals surface area contributed by atoms with E-state index in [1.165, 1.54) is 17.0 Å². The predicted molar refractivity (Wildman–Crippen MR) is 191 cm³/mol. The van der Waals surface area contributed by atoms with Gasteiger partial charge in [-0.15, -0.1) is 5.10 Å². The molecule has 2 aliphatic rings. The van der Waals surface area contributed by atoms with Gasteiger partial charge >= 0.3 is 5.97 Å². The van der Waals surface area contributed by atoms with E-state index in [-0.39, 0.29) is 48.5 Å². The summed E-state index contributed by atoms with van der Waals surface area (Å²) in [6.45, 7) is 8.81. The quantitative estimate of drug-likeness (QED) is 0.114. The molecular weight excluding hydrogens is 653 g/mol. The van der Waals surface area contributed by atoms with Gasteiger partial charge in [0.05, 0.1) is 45.9 Å². The van der Waals surface area contributed by atoms with Gasteiger partial charge in [-0.1, -0.05) is 72.9 Å². The summed E-state index contributed by atoms with van der Waals surface area (Å²) in [5, 5.41) is 20.5. The van der Waals surface area contributed by atoms with E-state index in [0.29, 0.717) is 18.0 Å². The summed E-state index contributed by atoms with van der Waals surface area (Å²) in [4.78, 5) is 25.8. The van der Waals surface area contributed by atoms with E-state index < -0.39 is 20.3 Å². The number of rotatable bonds is 13. The molecule has 50 heavy (non-hydrogen) atoms. The number of hydrogen-bond acceptors (Lipinski definition) is 9. The highest BCUT2D eigenvalue weighted by Crippen LogP contribution is 2.48. The standard InChI is InChI=1S/C38H46N4O7Si/c1-24-37(47-4)30-20-27(42-35(45)21-36(42)48-25(2)44)12-17-33(30)49-38(24)34(50(5,6)29-15-13-28(46-3)14-16-29)18-19-41-22-32(39-40-41)31(23-43)26-10-8-7-9-11-26/h7-17,20,22,24,31,34,36-38,43H,18-19,21,23H2,1-6H3/t24-,31?,34?,36?,37-,38-/m0/s1. The molecule has 1 saturated heterocycles. The summed E-state index contributed by atoms with van der Waals surface area (Å²) in [6, 6.07) is 23.9. The Labute approximate surface area is 294 Å². The zero-order chi connectivity index (χ0) is 35.6. The van der Waals surface area contributed by atoms with Gasteiger partial charge in [0.1, 0.15) is 17.6 Å². The minimum atomic E-state index is -2.26. The average molecular weight is 699 g/mol. The third-order valence-corrected chi connectivity index (χ3v) is 14.7. The Hall–Kier alpha value is -4.52. The Bertz CT molecular complexity index is 1800. The van der Waals surface area contributed by atoms with Crippen LogP contribution in [0.3, 0.4) is 0 Å². The highest BCUT2D eigenvalue weighted by molar-refractivity contribution is 6.91. The monoisotopic (exact) mass is 698 g/mol. The van der Waals surface area contributed by atoms with Gasteiger partial charge in [0.25, 0.3) is 0 Å². The molecule has 264 valence electrons. The molecule has 0 spiro atoms. The summed E-state index contributed by atoms with van der Waals surface area (Å²) in [5.74, 6) is 0.684. The molecule has 6 atom stereocenters. The Balaban J connectivity index is 1.31. The maximum absolute atomic E-state index is 12.6. The second-order valence-electron chi connectivity index (χ2n) is 13.7. The molecule has 1 N–H and O–H groups in total. The van der Waals surface area contributed by atoms with Crippen LogP contribution in [0.2, 0.25) is 18.6 Å². The maximum atomic E-state index is 12.6. The fourth-order valence-electron chi connectivity index (χ4n) is 7.58. The number of nitrogens with zero attached hydrogens (tertiary/aromatic N) is 4. The minimum absolute atomic E-state index is 0.0442. The highest BCUT2D eigenvalue weighted by atomic mass is 28.3. The Kier molecular flexibility index (Phi) is 10.4. The zero-order valence-electron chi connectivity index (χ0n) is 29.5. The van der Waals surface area contributed by atoms with Crippen LogP contribution in [0, 0.1) is 5.92 Å². The molecule has 6 rings (SSSR count). The second kappa shape index (κ2) is 14.8. The molecular formula is C38H46N4O7Si. The van der Waals surface area contributed by atoms with E-state index in [9.17, 15) is 14.7 Å². The third-order valence-electron chi connectivity index (χ3n) is 10.4. The van der Waals surface area contributed by atoms with E-state index in [0.717, 1.165) is 29.0 Å². The van der Waals surface area contributed by atoms with Crippen molar-refractivity contribution >= 4 is 30.8 Å². The lowest BCUT2D eigenvalue weighted by Gasteiger charge is -2.46. The van der Waals surface area contributed by atoms with Gasteiger partial charge in [-0.05, 0) is 47.9 Å². The van der Waals surface area contributed by atoms with Gasteiger partial charge in [0, 0.05) is 43.9 Å². The number of β-lactam (4-membered cyclic amide) rings is 1. The molecule has 2 aliphatic heterocycles. The van der Waals surface area contributed by atoms with Crippen LogP contribution < -0.4 is 19.6 Å². The van der Waals surface area contributed by atoms with Crippen molar-refractivity contribution in [1.82, 2.24) is 15.0 Å². The number of hydrogen-bond donors (Lipinski definition) is 1. The van der Waals surface area contributed by atoms with Crippen LogP contribution in [0.1, 0.15) is 55.5 Å². The molecule has 3 unspecified atom stereocenters.